The first-order valence-corrected chi connectivity index (χ1v) is 3.22. The monoisotopic (exact) mass is 126 g/mol. The Labute approximate surface area is 54.2 Å². The molecular formula is C7H10O2. The van der Waals surface area contributed by atoms with Crippen LogP contribution in [0.4, 0.5) is 0 Å². The van der Waals surface area contributed by atoms with Crippen LogP contribution in [-0.4, -0.2) is 11.6 Å². The van der Waals surface area contributed by atoms with Gasteiger partial charge in [-0.3, -0.25) is 9.59 Å². The van der Waals surface area contributed by atoms with Crippen LogP contribution in [0, 0.1) is 5.92 Å². The van der Waals surface area contributed by atoms with Gasteiger partial charge in [0.1, 0.15) is 11.6 Å². The van der Waals surface area contributed by atoms with Crippen LogP contribution in [0.15, 0.2) is 0 Å². The van der Waals surface area contributed by atoms with Crippen molar-refractivity contribution in [2.75, 3.05) is 0 Å². The van der Waals surface area contributed by atoms with Crippen molar-refractivity contribution in [1.82, 2.24) is 0 Å². The molecule has 0 N–H and O–H groups in total. The van der Waals surface area contributed by atoms with Crippen molar-refractivity contribution >= 4 is 11.6 Å². The van der Waals surface area contributed by atoms with Crippen LogP contribution >= 0.6 is 0 Å². The molecule has 1 aliphatic carbocycles. The molecule has 0 aromatic rings. The molecule has 1 fully saturated rings. The van der Waals surface area contributed by atoms with Crippen LogP contribution in [0.1, 0.15) is 26.2 Å². The molecule has 0 aliphatic heterocycles. The maximum atomic E-state index is 10.6. The number of hydrogen-bond donors (Lipinski definition) is 0. The minimum atomic E-state index is 0.0532. The zero-order valence-electron chi connectivity index (χ0n) is 5.52. The maximum Gasteiger partial charge on any atom is 0.133 e. The molecule has 0 heterocycles. The van der Waals surface area contributed by atoms with E-state index in [0.717, 1.165) is 6.42 Å². The van der Waals surface area contributed by atoms with Gasteiger partial charge in [-0.1, -0.05) is 0 Å². The first-order valence-electron chi connectivity index (χ1n) is 3.22. The van der Waals surface area contributed by atoms with E-state index in [2.05, 4.69) is 0 Å². The van der Waals surface area contributed by atoms with Crippen molar-refractivity contribution < 1.29 is 9.59 Å². The predicted octanol–water partition coefficient (Wildman–Crippen LogP) is 0.945. The molecule has 0 aromatic heterocycles. The van der Waals surface area contributed by atoms with Crippen molar-refractivity contribution in [3.63, 3.8) is 0 Å². The number of rotatable bonds is 1. The van der Waals surface area contributed by atoms with E-state index in [1.54, 1.807) is 6.92 Å². The number of carbonyl (C=O) groups is 2. The highest BCUT2D eigenvalue weighted by Gasteiger charge is 2.24. The van der Waals surface area contributed by atoms with E-state index in [0.29, 0.717) is 12.8 Å². The fourth-order valence-corrected chi connectivity index (χ4v) is 1.16. The standard InChI is InChI=1S/C7H10O2/c1-5(8)6-2-3-7(9)4-6/h6H,2-4H2,1H3. The summed E-state index contributed by atoms with van der Waals surface area (Å²) in [4.78, 5) is 21.2. The average molecular weight is 126 g/mol. The second-order valence-corrected chi connectivity index (χ2v) is 2.59. The third-order valence-electron chi connectivity index (χ3n) is 1.82. The van der Waals surface area contributed by atoms with Crippen LogP contribution in [0.2, 0.25) is 0 Å². The smallest absolute Gasteiger partial charge is 0.133 e. The van der Waals surface area contributed by atoms with E-state index < -0.39 is 0 Å². The Morgan fingerprint density at radius 3 is 2.56 bits per heavy atom. The Balaban J connectivity index is 2.48. The molecule has 9 heavy (non-hydrogen) atoms. The molecule has 1 unspecified atom stereocenters. The van der Waals surface area contributed by atoms with Crippen LogP contribution in [0.25, 0.3) is 0 Å². The second kappa shape index (κ2) is 2.29. The highest BCUT2D eigenvalue weighted by atomic mass is 16.1. The molecule has 0 radical (unpaired) electrons. The van der Waals surface area contributed by atoms with Gasteiger partial charge in [0.25, 0.3) is 0 Å². The van der Waals surface area contributed by atoms with E-state index >= 15 is 0 Å². The molecule has 1 aliphatic rings. The number of ketones is 2. The SMILES string of the molecule is CC(=O)C1CCC(=O)C1. The van der Waals surface area contributed by atoms with Crippen molar-refractivity contribution in [2.45, 2.75) is 26.2 Å². The lowest BCUT2D eigenvalue weighted by molar-refractivity contribution is -0.123. The zero-order valence-corrected chi connectivity index (χ0v) is 5.52. The minimum Gasteiger partial charge on any atom is -0.300 e. The summed E-state index contributed by atoms with van der Waals surface area (Å²) in [5, 5.41) is 0. The lowest BCUT2D eigenvalue weighted by Crippen LogP contribution is -2.05. The Hall–Kier alpha value is -0.660. The highest BCUT2D eigenvalue weighted by molar-refractivity contribution is 5.89. The quantitative estimate of drug-likeness (QED) is 0.524. The summed E-state index contributed by atoms with van der Waals surface area (Å²) in [6, 6.07) is 0. The van der Waals surface area contributed by atoms with Gasteiger partial charge in [-0.15, -0.1) is 0 Å². The van der Waals surface area contributed by atoms with E-state index in [1.165, 1.54) is 0 Å². The third kappa shape index (κ3) is 1.37. The average Bonchev–Trinajstić information content (AvgIpc) is 2.14. The van der Waals surface area contributed by atoms with Crippen molar-refractivity contribution in [1.29, 1.82) is 0 Å². The molecule has 1 atom stereocenters. The topological polar surface area (TPSA) is 34.1 Å². The summed E-state index contributed by atoms with van der Waals surface area (Å²) >= 11 is 0. The van der Waals surface area contributed by atoms with E-state index in [9.17, 15) is 9.59 Å². The van der Waals surface area contributed by atoms with E-state index in [1.807, 2.05) is 0 Å². The molecule has 50 valence electrons. The van der Waals surface area contributed by atoms with Crippen molar-refractivity contribution in [3.8, 4) is 0 Å². The predicted molar refractivity (Wildman–Crippen MR) is 33.0 cm³/mol. The highest BCUT2D eigenvalue weighted by Crippen LogP contribution is 2.21. The Kier molecular flexibility index (Phi) is 1.65. The third-order valence-corrected chi connectivity index (χ3v) is 1.82. The first-order chi connectivity index (χ1) is 4.20. The number of carbonyl (C=O) groups excluding carboxylic acids is 2. The fourth-order valence-electron chi connectivity index (χ4n) is 1.16. The van der Waals surface area contributed by atoms with Gasteiger partial charge in [0.05, 0.1) is 0 Å². The molecule has 2 heteroatoms. The Morgan fingerprint density at radius 2 is 2.33 bits per heavy atom. The summed E-state index contributed by atoms with van der Waals surface area (Å²) in [5.74, 6) is 0.466. The molecule has 0 spiro atoms. The molecule has 1 saturated carbocycles. The Morgan fingerprint density at radius 1 is 1.67 bits per heavy atom. The number of hydrogen-bond acceptors (Lipinski definition) is 2. The normalized spacial score (nSPS) is 26.8. The molecular weight excluding hydrogens is 116 g/mol. The van der Waals surface area contributed by atoms with Gasteiger partial charge in [0.2, 0.25) is 0 Å². The minimum absolute atomic E-state index is 0.0532. The second-order valence-electron chi connectivity index (χ2n) is 2.59. The summed E-state index contributed by atoms with van der Waals surface area (Å²) < 4.78 is 0. The summed E-state index contributed by atoms with van der Waals surface area (Å²) in [6.07, 6.45) is 1.90. The molecule has 0 aromatic carbocycles. The Bertz CT molecular complexity index is 149. The molecule has 0 amide bonds. The molecule has 0 saturated heterocycles. The fraction of sp³-hybridized carbons (Fsp3) is 0.714. The van der Waals surface area contributed by atoms with Crippen LogP contribution in [0.5, 0.6) is 0 Å². The van der Waals surface area contributed by atoms with Crippen LogP contribution in [-0.2, 0) is 9.59 Å². The molecule has 0 bridgehead atoms. The van der Waals surface area contributed by atoms with Gasteiger partial charge >= 0.3 is 0 Å². The van der Waals surface area contributed by atoms with Gasteiger partial charge in [0, 0.05) is 18.8 Å². The van der Waals surface area contributed by atoms with Gasteiger partial charge in [0.15, 0.2) is 0 Å². The lowest BCUT2D eigenvalue weighted by atomic mass is 10.0. The zero-order chi connectivity index (χ0) is 6.85. The molecule has 1 rings (SSSR count). The lowest BCUT2D eigenvalue weighted by Gasteiger charge is -1.98. The van der Waals surface area contributed by atoms with Gasteiger partial charge in [-0.2, -0.15) is 0 Å². The molecule has 2 nitrogen and oxygen atoms in total. The first kappa shape index (κ1) is 6.46. The van der Waals surface area contributed by atoms with Crippen LogP contribution in [0.3, 0.4) is 0 Å². The largest absolute Gasteiger partial charge is 0.300 e. The maximum absolute atomic E-state index is 10.6. The summed E-state index contributed by atoms with van der Waals surface area (Å²) in [5.41, 5.74) is 0. The number of Topliss-reactive ketones (excluding diaryl/α,β-unsaturated/α-hetero) is 2. The van der Waals surface area contributed by atoms with Crippen molar-refractivity contribution in [2.24, 2.45) is 5.92 Å². The van der Waals surface area contributed by atoms with Gasteiger partial charge in [-0.25, -0.2) is 0 Å². The van der Waals surface area contributed by atoms with Crippen LogP contribution < -0.4 is 0 Å². The summed E-state index contributed by atoms with van der Waals surface area (Å²) in [6.45, 7) is 1.56. The van der Waals surface area contributed by atoms with E-state index in [-0.39, 0.29) is 17.5 Å². The van der Waals surface area contributed by atoms with Gasteiger partial charge < -0.3 is 0 Å². The van der Waals surface area contributed by atoms with Crippen molar-refractivity contribution in [3.05, 3.63) is 0 Å². The van der Waals surface area contributed by atoms with Gasteiger partial charge in [-0.05, 0) is 13.3 Å². The summed E-state index contributed by atoms with van der Waals surface area (Å²) in [7, 11) is 0. The van der Waals surface area contributed by atoms with E-state index in [4.69, 9.17) is 0 Å².